The molecule has 0 rings (SSSR count). The molecule has 0 spiro atoms. The Morgan fingerprint density at radius 2 is 0.548 bits per heavy atom. The van der Waals surface area contributed by atoms with Crippen molar-refractivity contribution in [3.05, 3.63) is 0 Å². The molecule has 0 nitrogen and oxygen atoms in total. The summed E-state index contributed by atoms with van der Waals surface area (Å²) in [5.41, 5.74) is 0. The molecular weight excluding hydrogens is 387 g/mol. The van der Waals surface area contributed by atoms with Crippen molar-refractivity contribution in [2.45, 2.75) is 173 Å². The van der Waals surface area contributed by atoms with Crippen LogP contribution in [0.5, 0.6) is 0 Å². The molecule has 31 heavy (non-hydrogen) atoms. The third-order valence-corrected chi connectivity index (χ3v) is 10.9. The summed E-state index contributed by atoms with van der Waals surface area (Å²) in [6.45, 7) is 14.2. The summed E-state index contributed by atoms with van der Waals surface area (Å²) < 4.78 is 0. The molecule has 0 fully saturated rings. The zero-order valence-corrected chi connectivity index (χ0v) is 24.3. The van der Waals surface area contributed by atoms with Gasteiger partial charge in [-0.3, -0.25) is 0 Å². The van der Waals surface area contributed by atoms with Crippen LogP contribution in [-0.4, -0.2) is 14.1 Å². The van der Waals surface area contributed by atoms with Crippen LogP contribution in [-0.2, 0) is 0 Å². The summed E-state index contributed by atoms with van der Waals surface area (Å²) in [4.78, 5) is 0. The second-order valence-electron chi connectivity index (χ2n) is 12.1. The van der Waals surface area contributed by atoms with E-state index in [0.29, 0.717) is 0 Å². The van der Waals surface area contributed by atoms with E-state index < -0.39 is 14.1 Å². The van der Waals surface area contributed by atoms with Gasteiger partial charge in [-0.05, 0) is 17.8 Å². The molecule has 186 valence electrons. The standard InChI is InChI=1S/3C10H21.Al/c3*1-4-5-6-7-8-9-10(2)3;/h3*10H,1,4-9H2,2-3H3;. The Labute approximate surface area is 204 Å². The molecule has 0 aromatic rings. The molecule has 0 unspecified atom stereocenters. The Morgan fingerprint density at radius 1 is 0.323 bits per heavy atom. The number of rotatable bonds is 24. The first-order chi connectivity index (χ1) is 14.9. The van der Waals surface area contributed by atoms with Crippen LogP contribution in [0, 0.1) is 17.8 Å². The van der Waals surface area contributed by atoms with Gasteiger partial charge in [-0.1, -0.05) is 173 Å². The van der Waals surface area contributed by atoms with Crippen molar-refractivity contribution >= 4 is 14.1 Å². The van der Waals surface area contributed by atoms with Crippen LogP contribution in [0.15, 0.2) is 0 Å². The molecule has 0 saturated heterocycles. The van der Waals surface area contributed by atoms with Gasteiger partial charge in [-0.25, -0.2) is 0 Å². The maximum Gasteiger partial charge on any atom is 0.261 e. The Morgan fingerprint density at radius 3 is 0.806 bits per heavy atom. The first kappa shape index (κ1) is 31.5. The van der Waals surface area contributed by atoms with Gasteiger partial charge in [-0.15, -0.1) is 0 Å². The lowest BCUT2D eigenvalue weighted by atomic mass is 10.0. The smallest absolute Gasteiger partial charge is 0.0939 e. The molecule has 0 aliphatic heterocycles. The highest BCUT2D eigenvalue weighted by Gasteiger charge is 2.15. The molecular formula is C30H63Al. The highest BCUT2D eigenvalue weighted by molar-refractivity contribution is 6.58. The maximum absolute atomic E-state index is 2.37. The van der Waals surface area contributed by atoms with Crippen molar-refractivity contribution in [1.29, 1.82) is 0 Å². The topological polar surface area (TPSA) is 0 Å². The van der Waals surface area contributed by atoms with Gasteiger partial charge < -0.3 is 0 Å². The molecule has 0 aliphatic carbocycles. The lowest BCUT2D eigenvalue weighted by molar-refractivity contribution is 0.515. The summed E-state index contributed by atoms with van der Waals surface area (Å²) in [6, 6.07) is 0. The Bertz CT molecular complexity index is 281. The monoisotopic (exact) mass is 450 g/mol. The molecule has 0 heterocycles. The van der Waals surface area contributed by atoms with Crippen LogP contribution >= 0.6 is 0 Å². The molecule has 0 radical (unpaired) electrons. The second-order valence-corrected chi connectivity index (χ2v) is 15.5. The highest BCUT2D eigenvalue weighted by Crippen LogP contribution is 2.21. The predicted octanol–water partition coefficient (Wildman–Crippen LogP) is 11.5. The zero-order valence-electron chi connectivity index (χ0n) is 23.2. The Balaban J connectivity index is 3.90. The summed E-state index contributed by atoms with van der Waals surface area (Å²) in [5.74, 6) is 2.69. The largest absolute Gasteiger partial charge is 0.261 e. The van der Waals surface area contributed by atoms with Crippen LogP contribution in [0.25, 0.3) is 0 Å². The van der Waals surface area contributed by atoms with Gasteiger partial charge >= 0.3 is 0 Å². The predicted molar refractivity (Wildman–Crippen MR) is 148 cm³/mol. The van der Waals surface area contributed by atoms with E-state index in [-0.39, 0.29) is 0 Å². The summed E-state index contributed by atoms with van der Waals surface area (Å²) in [7, 11) is 0. The van der Waals surface area contributed by atoms with Crippen molar-refractivity contribution in [1.82, 2.24) is 0 Å². The minimum Gasteiger partial charge on any atom is -0.0939 e. The SMILES string of the molecule is CC(C)CCCCCC[CH2][Al]([CH2]CCCCCCC(C)C)[CH2]CCCCCCC(C)C. The van der Waals surface area contributed by atoms with E-state index in [9.17, 15) is 0 Å². The molecule has 0 aromatic heterocycles. The van der Waals surface area contributed by atoms with Crippen molar-refractivity contribution in [2.75, 3.05) is 0 Å². The quantitative estimate of drug-likeness (QED) is 0.101. The average molecular weight is 451 g/mol. The van der Waals surface area contributed by atoms with E-state index in [1.807, 2.05) is 0 Å². The lowest BCUT2D eigenvalue weighted by Crippen LogP contribution is -2.12. The van der Waals surface area contributed by atoms with Crippen LogP contribution in [0.1, 0.15) is 157 Å². The summed E-state index contributed by atoms with van der Waals surface area (Å²) >= 11 is -0.459. The number of unbranched alkanes of at least 4 members (excludes halogenated alkanes) is 12. The fourth-order valence-corrected chi connectivity index (χ4v) is 8.44. The first-order valence-corrected chi connectivity index (χ1v) is 17.4. The van der Waals surface area contributed by atoms with Crippen LogP contribution in [0.3, 0.4) is 0 Å². The van der Waals surface area contributed by atoms with E-state index in [0.717, 1.165) is 17.8 Å². The van der Waals surface area contributed by atoms with Crippen molar-refractivity contribution in [2.24, 2.45) is 17.8 Å². The van der Waals surface area contributed by atoms with Gasteiger partial charge in [0.1, 0.15) is 0 Å². The van der Waals surface area contributed by atoms with Gasteiger partial charge in [0.25, 0.3) is 14.1 Å². The normalized spacial score (nSPS) is 11.9. The fourth-order valence-electron chi connectivity index (χ4n) is 4.98. The average Bonchev–Trinajstić information content (AvgIpc) is 2.70. The van der Waals surface area contributed by atoms with E-state index in [1.165, 1.54) is 96.3 Å². The van der Waals surface area contributed by atoms with E-state index >= 15 is 0 Å². The minimum absolute atomic E-state index is 0.459. The van der Waals surface area contributed by atoms with Gasteiger partial charge in [0.05, 0.1) is 0 Å². The van der Waals surface area contributed by atoms with Crippen molar-refractivity contribution in [3.8, 4) is 0 Å². The van der Waals surface area contributed by atoms with Crippen molar-refractivity contribution < 1.29 is 0 Å². The van der Waals surface area contributed by atoms with Crippen LogP contribution in [0.2, 0.25) is 15.8 Å². The molecule has 0 aromatic carbocycles. The van der Waals surface area contributed by atoms with E-state index in [2.05, 4.69) is 41.5 Å². The lowest BCUT2D eigenvalue weighted by Gasteiger charge is -2.13. The Kier molecular flexibility index (Phi) is 24.1. The first-order valence-electron chi connectivity index (χ1n) is 14.9. The molecule has 1 heteroatoms. The number of hydrogen-bond acceptors (Lipinski definition) is 0. The van der Waals surface area contributed by atoms with Gasteiger partial charge in [-0.2, -0.15) is 0 Å². The summed E-state index contributed by atoms with van der Waals surface area (Å²) in [5, 5.41) is 4.97. The van der Waals surface area contributed by atoms with Crippen LogP contribution in [0.4, 0.5) is 0 Å². The molecule has 0 amide bonds. The van der Waals surface area contributed by atoms with Gasteiger partial charge in [0.2, 0.25) is 0 Å². The van der Waals surface area contributed by atoms with Gasteiger partial charge in [0, 0.05) is 0 Å². The zero-order chi connectivity index (χ0) is 23.2. The van der Waals surface area contributed by atoms with Gasteiger partial charge in [0.15, 0.2) is 0 Å². The van der Waals surface area contributed by atoms with Crippen LogP contribution < -0.4 is 0 Å². The Hall–Kier alpha value is 0.532. The minimum atomic E-state index is -0.459. The molecule has 0 saturated carbocycles. The second kappa shape index (κ2) is 23.7. The fraction of sp³-hybridized carbons (Fsp3) is 1.00. The summed E-state index contributed by atoms with van der Waals surface area (Å²) in [6.07, 6.45) is 26.9. The molecule has 0 aliphatic rings. The third-order valence-electron chi connectivity index (χ3n) is 7.18. The van der Waals surface area contributed by atoms with Crippen molar-refractivity contribution in [3.63, 3.8) is 0 Å². The third kappa shape index (κ3) is 26.7. The molecule has 0 N–H and O–H groups in total. The molecule has 0 bridgehead atoms. The molecule has 0 atom stereocenters. The number of hydrogen-bond donors (Lipinski definition) is 0. The van der Waals surface area contributed by atoms with E-state index in [1.54, 1.807) is 35.1 Å². The maximum atomic E-state index is 2.37. The van der Waals surface area contributed by atoms with E-state index in [4.69, 9.17) is 0 Å². The highest BCUT2D eigenvalue weighted by atomic mass is 27.2.